The summed E-state index contributed by atoms with van der Waals surface area (Å²) in [6.45, 7) is 2.95. The first kappa shape index (κ1) is 15.4. The molecule has 0 radical (unpaired) electrons. The minimum absolute atomic E-state index is 0.0278. The molecule has 1 aliphatic heterocycles. The smallest absolute Gasteiger partial charge is 0.230 e. The molecule has 0 saturated carbocycles. The van der Waals surface area contributed by atoms with Gasteiger partial charge in [0.15, 0.2) is 0 Å². The number of benzene rings is 1. The van der Waals surface area contributed by atoms with Crippen LogP contribution in [-0.4, -0.2) is 29.3 Å². The number of carbonyl (C=O) groups excluding carboxylic acids is 1. The average molecular weight is 294 g/mol. The predicted octanol–water partition coefficient (Wildman–Crippen LogP) is 4.19. The fraction of sp³-hybridized carbons (Fsp3) is 0.588. The second kappa shape index (κ2) is 7.68. The summed E-state index contributed by atoms with van der Waals surface area (Å²) in [5, 5.41) is 0. The lowest BCUT2D eigenvalue weighted by atomic mass is 9.94. The van der Waals surface area contributed by atoms with E-state index in [1.54, 1.807) is 0 Å². The van der Waals surface area contributed by atoms with E-state index in [0.29, 0.717) is 5.88 Å². The zero-order valence-corrected chi connectivity index (χ0v) is 13.0. The van der Waals surface area contributed by atoms with E-state index in [9.17, 15) is 4.79 Å². The second-order valence-corrected chi connectivity index (χ2v) is 5.87. The Hall–Kier alpha value is -1.02. The van der Waals surface area contributed by atoms with Gasteiger partial charge in [0, 0.05) is 18.5 Å². The van der Waals surface area contributed by atoms with Crippen LogP contribution in [0, 0.1) is 0 Å². The molecule has 0 aliphatic carbocycles. The molecule has 0 N–H and O–H groups in total. The number of alkyl halides is 1. The van der Waals surface area contributed by atoms with Crippen LogP contribution in [0.15, 0.2) is 30.3 Å². The molecule has 0 bridgehead atoms. The molecule has 0 aromatic heterocycles. The SMILES string of the molecule is CCC(C(=O)N1CCCCCC1CCl)c1ccccc1. The van der Waals surface area contributed by atoms with E-state index < -0.39 is 0 Å². The minimum atomic E-state index is -0.0278. The number of amides is 1. The third-order valence-corrected chi connectivity index (χ3v) is 4.60. The molecule has 2 rings (SSSR count). The van der Waals surface area contributed by atoms with Crippen molar-refractivity contribution in [3.05, 3.63) is 35.9 Å². The monoisotopic (exact) mass is 293 g/mol. The van der Waals surface area contributed by atoms with Crippen molar-refractivity contribution in [1.29, 1.82) is 0 Å². The molecule has 1 amide bonds. The number of likely N-dealkylation sites (tertiary alicyclic amines) is 1. The molecule has 1 heterocycles. The van der Waals surface area contributed by atoms with E-state index >= 15 is 0 Å². The summed E-state index contributed by atoms with van der Waals surface area (Å²) in [7, 11) is 0. The Morgan fingerprint density at radius 3 is 2.70 bits per heavy atom. The highest BCUT2D eigenvalue weighted by Crippen LogP contribution is 2.26. The van der Waals surface area contributed by atoms with Crippen LogP contribution in [0.5, 0.6) is 0 Å². The topological polar surface area (TPSA) is 20.3 Å². The van der Waals surface area contributed by atoms with Gasteiger partial charge in [-0.3, -0.25) is 4.79 Å². The maximum atomic E-state index is 12.9. The summed E-state index contributed by atoms with van der Waals surface area (Å²) in [5.74, 6) is 0.781. The molecular formula is C17H24ClNO. The van der Waals surface area contributed by atoms with Crippen molar-refractivity contribution >= 4 is 17.5 Å². The Morgan fingerprint density at radius 2 is 2.05 bits per heavy atom. The third-order valence-electron chi connectivity index (χ3n) is 4.25. The van der Waals surface area contributed by atoms with E-state index in [4.69, 9.17) is 11.6 Å². The lowest BCUT2D eigenvalue weighted by molar-refractivity contribution is -0.134. The van der Waals surface area contributed by atoms with E-state index in [1.807, 2.05) is 23.1 Å². The molecule has 1 aliphatic rings. The molecule has 3 heteroatoms. The highest BCUT2D eigenvalue weighted by molar-refractivity contribution is 6.18. The molecular weight excluding hydrogens is 270 g/mol. The molecule has 2 atom stereocenters. The van der Waals surface area contributed by atoms with Crippen molar-refractivity contribution in [2.45, 2.75) is 51.0 Å². The summed E-state index contributed by atoms with van der Waals surface area (Å²) in [4.78, 5) is 15.0. The standard InChI is InChI=1S/C17H24ClNO/c1-2-16(14-9-5-3-6-10-14)17(20)19-12-8-4-7-11-15(19)13-18/h3,5-6,9-10,15-16H,2,4,7-8,11-13H2,1H3. The van der Waals surface area contributed by atoms with Crippen LogP contribution >= 0.6 is 11.6 Å². The third kappa shape index (κ3) is 3.54. The summed E-state index contributed by atoms with van der Waals surface area (Å²) in [6.07, 6.45) is 5.38. The Morgan fingerprint density at radius 1 is 1.30 bits per heavy atom. The summed E-state index contributed by atoms with van der Waals surface area (Å²) in [6, 6.07) is 10.3. The molecule has 2 nitrogen and oxygen atoms in total. The van der Waals surface area contributed by atoms with E-state index in [1.165, 1.54) is 12.8 Å². The van der Waals surface area contributed by atoms with Crippen molar-refractivity contribution in [3.8, 4) is 0 Å². The summed E-state index contributed by atoms with van der Waals surface area (Å²) in [5.41, 5.74) is 1.12. The Bertz CT molecular complexity index is 420. The van der Waals surface area contributed by atoms with Gasteiger partial charge < -0.3 is 4.90 Å². The second-order valence-electron chi connectivity index (χ2n) is 5.56. The van der Waals surface area contributed by atoms with Gasteiger partial charge in [0.1, 0.15) is 0 Å². The molecule has 1 saturated heterocycles. The first-order chi connectivity index (χ1) is 9.77. The highest BCUT2D eigenvalue weighted by atomic mass is 35.5. The quantitative estimate of drug-likeness (QED) is 0.762. The van der Waals surface area contributed by atoms with Crippen molar-refractivity contribution < 1.29 is 4.79 Å². The Balaban J connectivity index is 2.18. The predicted molar refractivity (Wildman–Crippen MR) is 84.2 cm³/mol. The molecule has 1 fully saturated rings. The number of halogens is 1. The van der Waals surface area contributed by atoms with Crippen LogP contribution in [0.1, 0.15) is 50.5 Å². The van der Waals surface area contributed by atoms with Crippen LogP contribution in [0.3, 0.4) is 0 Å². The van der Waals surface area contributed by atoms with Crippen molar-refractivity contribution in [2.75, 3.05) is 12.4 Å². The minimum Gasteiger partial charge on any atom is -0.338 e. The van der Waals surface area contributed by atoms with Gasteiger partial charge in [-0.05, 0) is 24.8 Å². The molecule has 2 unspecified atom stereocenters. The van der Waals surface area contributed by atoms with Crippen molar-refractivity contribution in [1.82, 2.24) is 4.90 Å². The van der Waals surface area contributed by atoms with E-state index in [2.05, 4.69) is 19.1 Å². The van der Waals surface area contributed by atoms with Crippen LogP contribution in [-0.2, 0) is 4.79 Å². The summed E-state index contributed by atoms with van der Waals surface area (Å²) < 4.78 is 0. The van der Waals surface area contributed by atoms with Crippen LogP contribution in [0.25, 0.3) is 0 Å². The van der Waals surface area contributed by atoms with Crippen LogP contribution in [0.4, 0.5) is 0 Å². The normalized spacial score (nSPS) is 21.3. The van der Waals surface area contributed by atoms with Gasteiger partial charge in [0.2, 0.25) is 5.91 Å². The first-order valence-corrected chi connectivity index (χ1v) is 8.22. The fourth-order valence-corrected chi connectivity index (χ4v) is 3.39. The highest BCUT2D eigenvalue weighted by Gasteiger charge is 2.30. The molecule has 110 valence electrons. The molecule has 1 aromatic rings. The number of carbonyl (C=O) groups is 1. The number of nitrogens with zero attached hydrogens (tertiary/aromatic N) is 1. The Kier molecular flexibility index (Phi) is 5.90. The van der Waals surface area contributed by atoms with Crippen LogP contribution in [0.2, 0.25) is 0 Å². The number of hydrogen-bond donors (Lipinski definition) is 0. The maximum absolute atomic E-state index is 12.9. The lowest BCUT2D eigenvalue weighted by Crippen LogP contribution is -2.43. The average Bonchev–Trinajstić information content (AvgIpc) is 2.74. The van der Waals surface area contributed by atoms with Gasteiger partial charge in [0.25, 0.3) is 0 Å². The summed E-state index contributed by atoms with van der Waals surface area (Å²) >= 11 is 6.09. The number of hydrogen-bond acceptors (Lipinski definition) is 1. The lowest BCUT2D eigenvalue weighted by Gasteiger charge is -2.32. The fourth-order valence-electron chi connectivity index (χ4n) is 3.07. The van der Waals surface area contributed by atoms with E-state index in [0.717, 1.165) is 31.4 Å². The Labute approximate surface area is 127 Å². The zero-order chi connectivity index (χ0) is 14.4. The zero-order valence-electron chi connectivity index (χ0n) is 12.2. The maximum Gasteiger partial charge on any atom is 0.230 e. The van der Waals surface area contributed by atoms with E-state index in [-0.39, 0.29) is 17.9 Å². The largest absolute Gasteiger partial charge is 0.338 e. The molecule has 1 aromatic carbocycles. The van der Waals surface area contributed by atoms with Crippen molar-refractivity contribution in [3.63, 3.8) is 0 Å². The van der Waals surface area contributed by atoms with Crippen molar-refractivity contribution in [2.24, 2.45) is 0 Å². The first-order valence-electron chi connectivity index (χ1n) is 7.69. The van der Waals surface area contributed by atoms with Gasteiger partial charge in [-0.15, -0.1) is 11.6 Å². The molecule has 0 spiro atoms. The van der Waals surface area contributed by atoms with Gasteiger partial charge in [-0.25, -0.2) is 0 Å². The van der Waals surface area contributed by atoms with Gasteiger partial charge in [-0.1, -0.05) is 50.1 Å². The van der Waals surface area contributed by atoms with Gasteiger partial charge >= 0.3 is 0 Å². The molecule has 20 heavy (non-hydrogen) atoms. The van der Waals surface area contributed by atoms with Crippen LogP contribution < -0.4 is 0 Å². The number of rotatable bonds is 4. The van der Waals surface area contributed by atoms with Gasteiger partial charge in [-0.2, -0.15) is 0 Å². The van der Waals surface area contributed by atoms with Gasteiger partial charge in [0.05, 0.1) is 5.92 Å².